The topological polar surface area (TPSA) is 106 Å². The summed E-state index contributed by atoms with van der Waals surface area (Å²) in [4.78, 5) is 10.8. The average Bonchev–Trinajstić information content (AvgIpc) is 2.35. The second kappa shape index (κ2) is 4.88. The van der Waals surface area contributed by atoms with Crippen molar-refractivity contribution in [2.45, 2.75) is 13.0 Å². The molecular weight excluding hydrogens is 218 g/mol. The van der Waals surface area contributed by atoms with E-state index >= 15 is 0 Å². The molecule has 0 saturated carbocycles. The molecule has 0 saturated heterocycles. The van der Waals surface area contributed by atoms with Gasteiger partial charge < -0.3 is 16.4 Å². The Kier molecular flexibility index (Phi) is 3.29. The zero-order chi connectivity index (χ0) is 12.3. The lowest BCUT2D eigenvalue weighted by atomic mass is 10.1. The molecule has 1 aromatic rings. The first-order valence-corrected chi connectivity index (χ1v) is 5.31. The lowest BCUT2D eigenvalue weighted by Crippen LogP contribution is -2.29. The Balaban J connectivity index is 2.29. The summed E-state index contributed by atoms with van der Waals surface area (Å²) in [6.45, 7) is 1.83. The summed E-state index contributed by atoms with van der Waals surface area (Å²) >= 11 is 0. The molecule has 0 radical (unpaired) electrons. The molecule has 1 aliphatic heterocycles. The second-order valence-corrected chi connectivity index (χ2v) is 3.90. The van der Waals surface area contributed by atoms with Gasteiger partial charge in [0.25, 0.3) is 0 Å². The van der Waals surface area contributed by atoms with Gasteiger partial charge in [0.05, 0.1) is 5.69 Å². The van der Waals surface area contributed by atoms with Crippen LogP contribution in [0.25, 0.3) is 0 Å². The van der Waals surface area contributed by atoms with E-state index < -0.39 is 0 Å². The molecule has 0 aliphatic carbocycles. The van der Waals surface area contributed by atoms with E-state index in [0.29, 0.717) is 5.82 Å². The van der Waals surface area contributed by atoms with Crippen LogP contribution in [-0.4, -0.2) is 40.6 Å². The molecule has 0 amide bonds. The van der Waals surface area contributed by atoms with Gasteiger partial charge in [-0.05, 0) is 19.0 Å². The van der Waals surface area contributed by atoms with Gasteiger partial charge in [0.2, 0.25) is 0 Å². The quantitative estimate of drug-likeness (QED) is 0.390. The largest absolute Gasteiger partial charge is 0.388 e. The van der Waals surface area contributed by atoms with Gasteiger partial charge in [-0.3, -0.25) is 0 Å². The fourth-order valence-corrected chi connectivity index (χ4v) is 1.70. The van der Waals surface area contributed by atoms with Gasteiger partial charge in [0, 0.05) is 19.3 Å². The van der Waals surface area contributed by atoms with E-state index in [2.05, 4.69) is 32.1 Å². The number of hydrogen-bond acceptors (Lipinski definition) is 5. The Labute approximate surface area is 99.3 Å². The molecule has 0 spiro atoms. The summed E-state index contributed by atoms with van der Waals surface area (Å²) < 4.78 is 0. The van der Waals surface area contributed by atoms with Crippen molar-refractivity contribution in [1.29, 1.82) is 0 Å². The predicted molar refractivity (Wildman–Crippen MR) is 65.5 cm³/mol. The van der Waals surface area contributed by atoms with Crippen molar-refractivity contribution in [2.75, 3.05) is 13.6 Å². The van der Waals surface area contributed by atoms with Crippen LogP contribution in [0.5, 0.6) is 0 Å². The zero-order valence-corrected chi connectivity index (χ0v) is 9.67. The number of hydrogen-bond donors (Lipinski definition) is 2. The van der Waals surface area contributed by atoms with Crippen LogP contribution in [0.4, 0.5) is 0 Å². The van der Waals surface area contributed by atoms with Crippen molar-refractivity contribution in [3.63, 3.8) is 0 Å². The molecule has 0 unspecified atom stereocenters. The Morgan fingerprint density at radius 3 is 3.18 bits per heavy atom. The minimum absolute atomic E-state index is 0.169. The molecule has 1 aliphatic rings. The summed E-state index contributed by atoms with van der Waals surface area (Å²) in [6, 6.07) is 0. The molecule has 2 heterocycles. The summed E-state index contributed by atoms with van der Waals surface area (Å²) in [5.74, 6) is 0.562. The van der Waals surface area contributed by atoms with Crippen LogP contribution in [-0.2, 0) is 13.0 Å². The van der Waals surface area contributed by atoms with Crippen LogP contribution < -0.4 is 11.5 Å². The molecule has 4 N–H and O–H groups in total. The highest BCUT2D eigenvalue weighted by molar-refractivity contribution is 5.94. The van der Waals surface area contributed by atoms with E-state index in [1.807, 2.05) is 0 Å². The maximum absolute atomic E-state index is 5.69. The van der Waals surface area contributed by atoms with Crippen LogP contribution in [0, 0.1) is 0 Å². The summed E-state index contributed by atoms with van der Waals surface area (Å²) in [7, 11) is 2.06. The van der Waals surface area contributed by atoms with Gasteiger partial charge >= 0.3 is 0 Å². The van der Waals surface area contributed by atoms with Gasteiger partial charge in [-0.15, -0.1) is 10.2 Å². The smallest absolute Gasteiger partial charge is 0.197 e. The van der Waals surface area contributed by atoms with E-state index in [1.54, 1.807) is 6.20 Å². The lowest BCUT2D eigenvalue weighted by Gasteiger charge is -2.23. The number of nitrogens with two attached hydrogens (primary N) is 2. The predicted octanol–water partition coefficient (Wildman–Crippen LogP) is -0.928. The molecule has 0 aromatic carbocycles. The summed E-state index contributed by atoms with van der Waals surface area (Å²) in [6.07, 6.45) is 3.84. The highest BCUT2D eigenvalue weighted by Gasteiger charge is 2.16. The number of amidine groups is 1. The van der Waals surface area contributed by atoms with Crippen molar-refractivity contribution in [3.8, 4) is 0 Å². The third-order valence-corrected chi connectivity index (χ3v) is 2.60. The van der Waals surface area contributed by atoms with Crippen molar-refractivity contribution >= 4 is 12.2 Å². The minimum atomic E-state index is 0.169. The van der Waals surface area contributed by atoms with Crippen molar-refractivity contribution in [3.05, 3.63) is 23.3 Å². The summed E-state index contributed by atoms with van der Waals surface area (Å²) in [5.41, 5.74) is 12.9. The Morgan fingerprint density at radius 1 is 1.59 bits per heavy atom. The van der Waals surface area contributed by atoms with E-state index in [-0.39, 0.29) is 5.84 Å². The normalized spacial score (nSPS) is 17.4. The lowest BCUT2D eigenvalue weighted by molar-refractivity contribution is 0.307. The molecule has 0 bridgehead atoms. The second-order valence-electron chi connectivity index (χ2n) is 3.90. The first kappa shape index (κ1) is 11.5. The van der Waals surface area contributed by atoms with E-state index in [4.69, 9.17) is 11.5 Å². The van der Waals surface area contributed by atoms with E-state index in [0.717, 1.165) is 31.5 Å². The third kappa shape index (κ3) is 2.56. The Hall–Kier alpha value is -2.02. The fourth-order valence-electron chi connectivity index (χ4n) is 1.70. The van der Waals surface area contributed by atoms with Crippen molar-refractivity contribution < 1.29 is 0 Å². The molecule has 0 atom stereocenters. The SMILES string of the molecule is CN1CCc2cnc(/C(N)=N/N=C\N)nc2C1. The van der Waals surface area contributed by atoms with Crippen molar-refractivity contribution in [2.24, 2.45) is 21.7 Å². The number of nitrogens with zero attached hydrogens (tertiary/aromatic N) is 5. The average molecular weight is 233 g/mol. The fraction of sp³-hybridized carbons (Fsp3) is 0.400. The Bertz CT molecular complexity index is 466. The van der Waals surface area contributed by atoms with Crippen LogP contribution in [0.15, 0.2) is 16.4 Å². The standard InChI is InChI=1S/C10H15N7/c1-17-3-2-7-4-13-10(15-8(7)5-17)9(12)16-14-6-11/h4,6H,2-3,5H2,1H3,(H2,11,14)(H2,12,16). The summed E-state index contributed by atoms with van der Waals surface area (Å²) in [5, 5.41) is 7.18. The monoisotopic (exact) mass is 233 g/mol. The molecule has 7 nitrogen and oxygen atoms in total. The number of aromatic nitrogens is 2. The highest BCUT2D eigenvalue weighted by atomic mass is 15.2. The maximum atomic E-state index is 5.69. The molecular formula is C10H15N7. The number of likely N-dealkylation sites (N-methyl/N-ethyl adjacent to an activating group) is 1. The van der Waals surface area contributed by atoms with Gasteiger partial charge in [0.1, 0.15) is 6.34 Å². The van der Waals surface area contributed by atoms with Crippen LogP contribution in [0.1, 0.15) is 17.1 Å². The highest BCUT2D eigenvalue weighted by Crippen LogP contribution is 2.14. The third-order valence-electron chi connectivity index (χ3n) is 2.60. The van der Waals surface area contributed by atoms with Gasteiger partial charge in [0.15, 0.2) is 11.7 Å². The maximum Gasteiger partial charge on any atom is 0.197 e. The van der Waals surface area contributed by atoms with Crippen LogP contribution >= 0.6 is 0 Å². The van der Waals surface area contributed by atoms with Crippen molar-refractivity contribution in [1.82, 2.24) is 14.9 Å². The number of fused-ring (bicyclic) bond motifs is 1. The minimum Gasteiger partial charge on any atom is -0.388 e. The van der Waals surface area contributed by atoms with Gasteiger partial charge in [-0.1, -0.05) is 0 Å². The molecule has 17 heavy (non-hydrogen) atoms. The van der Waals surface area contributed by atoms with Crippen LogP contribution in [0.3, 0.4) is 0 Å². The van der Waals surface area contributed by atoms with Crippen LogP contribution in [0.2, 0.25) is 0 Å². The first-order valence-electron chi connectivity index (χ1n) is 5.31. The zero-order valence-electron chi connectivity index (χ0n) is 9.67. The van der Waals surface area contributed by atoms with Gasteiger partial charge in [-0.25, -0.2) is 9.97 Å². The molecule has 1 aromatic heterocycles. The molecule has 7 heteroatoms. The van der Waals surface area contributed by atoms with E-state index in [9.17, 15) is 0 Å². The molecule has 90 valence electrons. The Morgan fingerprint density at radius 2 is 2.41 bits per heavy atom. The van der Waals surface area contributed by atoms with E-state index in [1.165, 1.54) is 5.56 Å². The molecule has 0 fully saturated rings. The van der Waals surface area contributed by atoms with Gasteiger partial charge in [-0.2, -0.15) is 0 Å². The molecule has 2 rings (SSSR count). The first-order chi connectivity index (χ1) is 8.20. The number of rotatable bonds is 2.